The molecule has 0 aliphatic heterocycles. The number of alkyl halides is 3. The molecule has 2 aromatic heterocycles. The van der Waals surface area contributed by atoms with Crippen molar-refractivity contribution in [2.75, 3.05) is 0 Å². The summed E-state index contributed by atoms with van der Waals surface area (Å²) in [6, 6.07) is 1.63. The van der Waals surface area contributed by atoms with Crippen molar-refractivity contribution >= 4 is 11.0 Å². The maximum absolute atomic E-state index is 12.8. The standard InChI is InChI=1S/C11H11F3N2.C2H6/c1-6(2)9-7-3-4-15-10(7)16-5-8(9)11(12,13)14;1-2/h3-6H,1-2H3,(H,15,16);1-2H3. The number of hydrogen-bond donors (Lipinski definition) is 1. The van der Waals surface area contributed by atoms with Gasteiger partial charge in [-0.15, -0.1) is 0 Å². The second kappa shape index (κ2) is 5.42. The number of aromatic amines is 1. The Morgan fingerprint density at radius 3 is 2.33 bits per heavy atom. The quantitative estimate of drug-likeness (QED) is 0.787. The number of nitrogens with one attached hydrogen (secondary N) is 1. The number of halogens is 3. The fourth-order valence-corrected chi connectivity index (χ4v) is 1.88. The molecule has 2 nitrogen and oxygen atoms in total. The lowest BCUT2D eigenvalue weighted by molar-refractivity contribution is -0.138. The van der Waals surface area contributed by atoms with Gasteiger partial charge < -0.3 is 4.98 Å². The fourth-order valence-electron chi connectivity index (χ4n) is 1.88. The van der Waals surface area contributed by atoms with Gasteiger partial charge in [0, 0.05) is 17.8 Å². The van der Waals surface area contributed by atoms with E-state index in [1.54, 1.807) is 26.1 Å². The van der Waals surface area contributed by atoms with Gasteiger partial charge in [0.15, 0.2) is 0 Å². The minimum Gasteiger partial charge on any atom is -0.346 e. The van der Waals surface area contributed by atoms with Gasteiger partial charge in [0.25, 0.3) is 0 Å². The van der Waals surface area contributed by atoms with Crippen molar-refractivity contribution in [3.63, 3.8) is 0 Å². The molecule has 0 amide bonds. The first-order valence-corrected chi connectivity index (χ1v) is 5.94. The molecule has 1 N–H and O–H groups in total. The summed E-state index contributed by atoms with van der Waals surface area (Å²) >= 11 is 0. The summed E-state index contributed by atoms with van der Waals surface area (Å²) in [5, 5.41) is 0.546. The van der Waals surface area contributed by atoms with E-state index in [0.29, 0.717) is 16.6 Å². The molecule has 0 aliphatic carbocycles. The summed E-state index contributed by atoms with van der Waals surface area (Å²) in [4.78, 5) is 6.59. The zero-order chi connectivity index (χ0) is 13.9. The molecule has 2 rings (SSSR count). The molecule has 0 saturated heterocycles. The molecule has 100 valence electrons. The van der Waals surface area contributed by atoms with E-state index in [0.717, 1.165) is 6.20 Å². The number of aromatic nitrogens is 2. The molecule has 0 radical (unpaired) electrons. The summed E-state index contributed by atoms with van der Waals surface area (Å²) < 4.78 is 38.4. The fraction of sp³-hybridized carbons (Fsp3) is 0.462. The normalized spacial score (nSPS) is 11.6. The predicted octanol–water partition coefficient (Wildman–Crippen LogP) is 4.73. The van der Waals surface area contributed by atoms with Crippen LogP contribution in [0.25, 0.3) is 11.0 Å². The zero-order valence-corrected chi connectivity index (χ0v) is 10.9. The second-order valence-corrected chi connectivity index (χ2v) is 3.98. The summed E-state index contributed by atoms with van der Waals surface area (Å²) in [5.74, 6) is -0.196. The average Bonchev–Trinajstić information content (AvgIpc) is 2.76. The SMILES string of the molecule is CC.CC(C)c1c(C(F)(F)F)cnc2[nH]ccc12. The molecule has 2 heterocycles. The van der Waals surface area contributed by atoms with Gasteiger partial charge in [0.05, 0.1) is 5.56 Å². The van der Waals surface area contributed by atoms with Crippen molar-refractivity contribution in [3.8, 4) is 0 Å². The maximum Gasteiger partial charge on any atom is 0.418 e. The first-order valence-electron chi connectivity index (χ1n) is 5.94. The van der Waals surface area contributed by atoms with Crippen LogP contribution in [0.2, 0.25) is 0 Å². The van der Waals surface area contributed by atoms with Gasteiger partial charge in [-0.1, -0.05) is 27.7 Å². The van der Waals surface area contributed by atoms with Gasteiger partial charge in [-0.25, -0.2) is 4.98 Å². The summed E-state index contributed by atoms with van der Waals surface area (Å²) in [6.45, 7) is 7.49. The molecule has 0 aromatic carbocycles. The molecule has 0 atom stereocenters. The molecule has 0 spiro atoms. The van der Waals surface area contributed by atoms with Gasteiger partial charge in [0.2, 0.25) is 0 Å². The van der Waals surface area contributed by atoms with Gasteiger partial charge >= 0.3 is 6.18 Å². The van der Waals surface area contributed by atoms with Crippen LogP contribution in [0.5, 0.6) is 0 Å². The maximum atomic E-state index is 12.8. The number of H-pyrrole nitrogens is 1. The van der Waals surface area contributed by atoms with Crippen LogP contribution in [0.3, 0.4) is 0 Å². The highest BCUT2D eigenvalue weighted by molar-refractivity contribution is 5.81. The van der Waals surface area contributed by atoms with E-state index in [-0.39, 0.29) is 5.92 Å². The van der Waals surface area contributed by atoms with Crippen LogP contribution in [0.4, 0.5) is 13.2 Å². The average molecular weight is 258 g/mol. The van der Waals surface area contributed by atoms with Crippen LogP contribution >= 0.6 is 0 Å². The third-order valence-corrected chi connectivity index (χ3v) is 2.51. The second-order valence-electron chi connectivity index (χ2n) is 3.98. The number of fused-ring (bicyclic) bond motifs is 1. The number of rotatable bonds is 1. The summed E-state index contributed by atoms with van der Waals surface area (Å²) in [5.41, 5.74) is 0.157. The highest BCUT2D eigenvalue weighted by atomic mass is 19.4. The van der Waals surface area contributed by atoms with E-state index in [1.165, 1.54) is 0 Å². The van der Waals surface area contributed by atoms with Crippen molar-refractivity contribution in [2.24, 2.45) is 0 Å². The Morgan fingerprint density at radius 1 is 1.22 bits per heavy atom. The van der Waals surface area contributed by atoms with Crippen LogP contribution in [-0.4, -0.2) is 9.97 Å². The molecule has 5 heteroatoms. The Bertz CT molecular complexity index is 512. The zero-order valence-electron chi connectivity index (χ0n) is 10.9. The monoisotopic (exact) mass is 258 g/mol. The molecule has 18 heavy (non-hydrogen) atoms. The Kier molecular flexibility index (Phi) is 4.38. The Morgan fingerprint density at radius 2 is 1.83 bits per heavy atom. The highest BCUT2D eigenvalue weighted by Gasteiger charge is 2.35. The molecule has 0 saturated carbocycles. The lowest BCUT2D eigenvalue weighted by Crippen LogP contribution is -2.11. The van der Waals surface area contributed by atoms with E-state index in [2.05, 4.69) is 9.97 Å². The largest absolute Gasteiger partial charge is 0.418 e. The first kappa shape index (κ1) is 14.5. The molecule has 0 fully saturated rings. The molecule has 2 aromatic rings. The first-order chi connectivity index (χ1) is 8.41. The smallest absolute Gasteiger partial charge is 0.346 e. The van der Waals surface area contributed by atoms with Gasteiger partial charge in [0.1, 0.15) is 5.65 Å². The topological polar surface area (TPSA) is 28.7 Å². The lowest BCUT2D eigenvalue weighted by atomic mass is 9.96. The Hall–Kier alpha value is -1.52. The van der Waals surface area contributed by atoms with E-state index in [9.17, 15) is 13.2 Å². The van der Waals surface area contributed by atoms with Crippen LogP contribution in [0, 0.1) is 0 Å². The third kappa shape index (κ3) is 2.66. The summed E-state index contributed by atoms with van der Waals surface area (Å²) in [6.07, 6.45) is -1.85. The highest BCUT2D eigenvalue weighted by Crippen LogP contribution is 2.37. The van der Waals surface area contributed by atoms with Crippen molar-refractivity contribution < 1.29 is 13.2 Å². The van der Waals surface area contributed by atoms with Crippen molar-refractivity contribution in [1.82, 2.24) is 9.97 Å². The van der Waals surface area contributed by atoms with Gasteiger partial charge in [-0.2, -0.15) is 13.2 Å². The van der Waals surface area contributed by atoms with Crippen LogP contribution in [-0.2, 0) is 6.18 Å². The Balaban J connectivity index is 0.000000771. The lowest BCUT2D eigenvalue weighted by Gasteiger charge is -2.15. The minimum atomic E-state index is -4.35. The van der Waals surface area contributed by atoms with E-state index in [1.807, 2.05) is 13.8 Å². The van der Waals surface area contributed by atoms with E-state index in [4.69, 9.17) is 0 Å². The van der Waals surface area contributed by atoms with Gasteiger partial charge in [-0.3, -0.25) is 0 Å². The van der Waals surface area contributed by atoms with Gasteiger partial charge in [-0.05, 0) is 17.5 Å². The van der Waals surface area contributed by atoms with Crippen molar-refractivity contribution in [1.29, 1.82) is 0 Å². The molecular formula is C13H17F3N2. The summed E-state index contributed by atoms with van der Waals surface area (Å²) in [7, 11) is 0. The minimum absolute atomic E-state index is 0.196. The van der Waals surface area contributed by atoms with E-state index < -0.39 is 11.7 Å². The number of nitrogens with zero attached hydrogens (tertiary/aromatic N) is 1. The number of hydrogen-bond acceptors (Lipinski definition) is 1. The number of pyridine rings is 1. The van der Waals surface area contributed by atoms with Crippen molar-refractivity contribution in [3.05, 3.63) is 29.6 Å². The predicted molar refractivity (Wildman–Crippen MR) is 66.5 cm³/mol. The third-order valence-electron chi connectivity index (χ3n) is 2.51. The van der Waals surface area contributed by atoms with E-state index >= 15 is 0 Å². The Labute approximate surface area is 104 Å². The van der Waals surface area contributed by atoms with Crippen LogP contribution in [0.15, 0.2) is 18.5 Å². The van der Waals surface area contributed by atoms with Crippen LogP contribution in [0.1, 0.15) is 44.7 Å². The molecule has 0 bridgehead atoms. The molecular weight excluding hydrogens is 241 g/mol. The molecule has 0 unspecified atom stereocenters. The van der Waals surface area contributed by atoms with Crippen LogP contribution < -0.4 is 0 Å². The molecule has 0 aliphatic rings. The van der Waals surface area contributed by atoms with Crippen molar-refractivity contribution in [2.45, 2.75) is 39.8 Å².